The molecule has 0 aromatic heterocycles. The monoisotopic (exact) mass is 484 g/mol. The van der Waals surface area contributed by atoms with E-state index in [4.69, 9.17) is 0 Å². The molecule has 0 aliphatic carbocycles. The molecule has 0 heterocycles. The molecule has 1 atom stereocenters. The van der Waals surface area contributed by atoms with E-state index in [1.165, 1.54) is 89.9 Å². The van der Waals surface area contributed by atoms with E-state index in [-0.39, 0.29) is 63.9 Å². The minimum Gasteiger partial charge on any atom is -0.726 e. The third-order valence-corrected chi connectivity index (χ3v) is 6.16. The van der Waals surface area contributed by atoms with Crippen LogP contribution in [0.5, 0.6) is 0 Å². The van der Waals surface area contributed by atoms with Crippen LogP contribution in [0.2, 0.25) is 0 Å². The van der Waals surface area contributed by atoms with Gasteiger partial charge in [0.25, 0.3) is 0 Å². The van der Waals surface area contributed by atoms with Crippen LogP contribution in [0.3, 0.4) is 0 Å². The average Bonchev–Trinajstić information content (AvgIpc) is 2.70. The molecule has 0 aromatic carbocycles. The molecule has 0 spiro atoms. The summed E-state index contributed by atoms with van der Waals surface area (Å²) < 4.78 is 36.7. The van der Waals surface area contributed by atoms with Crippen LogP contribution >= 0.6 is 0 Å². The van der Waals surface area contributed by atoms with Gasteiger partial charge in [0.05, 0.1) is 6.61 Å². The van der Waals surface area contributed by atoms with Gasteiger partial charge in [0.1, 0.15) is 0 Å². The number of hydrogen-bond donors (Lipinski definition) is 0. The maximum atomic E-state index is 10.7. The maximum absolute atomic E-state index is 10.7. The van der Waals surface area contributed by atoms with Crippen LogP contribution in [0.1, 0.15) is 136 Å². The van der Waals surface area contributed by atoms with Crippen LogP contribution in [0, 0.1) is 5.92 Å². The summed E-state index contributed by atoms with van der Waals surface area (Å²) in [6.45, 7) is 4.39. The largest absolute Gasteiger partial charge is 1.00 e. The summed E-state index contributed by atoms with van der Waals surface area (Å²) >= 11 is 0. The van der Waals surface area contributed by atoms with Crippen LogP contribution in [0.4, 0.5) is 0 Å². The molecule has 0 bridgehead atoms. The van der Waals surface area contributed by atoms with Crippen molar-refractivity contribution in [3.05, 3.63) is 12.2 Å². The van der Waals surface area contributed by atoms with Gasteiger partial charge >= 0.3 is 51.4 Å². The molecule has 0 N–H and O–H groups in total. The van der Waals surface area contributed by atoms with Gasteiger partial charge in [-0.2, -0.15) is 0 Å². The van der Waals surface area contributed by atoms with E-state index in [1.807, 2.05) is 6.08 Å². The van der Waals surface area contributed by atoms with Gasteiger partial charge in [-0.3, -0.25) is 4.18 Å². The second kappa shape index (κ2) is 25.9. The first-order valence-electron chi connectivity index (χ1n) is 12.8. The SMILES string of the molecule is CCCC/C=C/C(CCCCCCCCCCCCCCCCC)COS(=O)(=O)[O-].[K+]. The van der Waals surface area contributed by atoms with Crippen LogP contribution < -0.4 is 51.4 Å². The Kier molecular flexibility index (Phi) is 28.7. The van der Waals surface area contributed by atoms with E-state index in [0.717, 1.165) is 32.1 Å². The van der Waals surface area contributed by atoms with Gasteiger partial charge in [-0.25, -0.2) is 8.42 Å². The maximum Gasteiger partial charge on any atom is 1.00 e. The Balaban J connectivity index is 0. The number of rotatable bonds is 23. The number of allylic oxidation sites excluding steroid dienone is 1. The van der Waals surface area contributed by atoms with E-state index in [1.54, 1.807) is 0 Å². The first-order chi connectivity index (χ1) is 14.5. The molecule has 4 nitrogen and oxygen atoms in total. The van der Waals surface area contributed by atoms with E-state index >= 15 is 0 Å². The van der Waals surface area contributed by atoms with E-state index < -0.39 is 10.4 Å². The summed E-state index contributed by atoms with van der Waals surface area (Å²) in [5, 5.41) is 0. The molecule has 0 aromatic rings. The second-order valence-electron chi connectivity index (χ2n) is 8.76. The number of unbranched alkanes of at least 4 members (excludes halogenated alkanes) is 16. The van der Waals surface area contributed by atoms with E-state index in [2.05, 4.69) is 24.1 Å². The molecule has 0 saturated heterocycles. The fraction of sp³-hybridized carbons (Fsp3) is 0.920. The normalized spacial score (nSPS) is 12.9. The van der Waals surface area contributed by atoms with Crippen LogP contribution in [0.25, 0.3) is 0 Å². The summed E-state index contributed by atoms with van der Waals surface area (Å²) in [5.74, 6) is 0.0209. The second-order valence-corrected chi connectivity index (χ2v) is 9.81. The van der Waals surface area contributed by atoms with Crippen LogP contribution in [-0.4, -0.2) is 19.6 Å². The van der Waals surface area contributed by atoms with Gasteiger partial charge in [0.2, 0.25) is 10.4 Å². The zero-order valence-electron chi connectivity index (χ0n) is 20.9. The Hall–Kier alpha value is 1.25. The summed E-state index contributed by atoms with van der Waals surface area (Å²) in [6.07, 6.45) is 28.3. The standard InChI is InChI=1S/C25H50O4S.K/c1-3-5-7-9-10-11-12-13-14-15-16-17-18-19-21-23-25(22-20-8-6-4-2)24-29-30(26,27)28;/h20,22,25H,3-19,21,23-24H2,1-2H3,(H,26,27,28);/q;+1/p-1/b22-20+;. The fourth-order valence-electron chi connectivity index (χ4n) is 3.79. The molecule has 0 saturated carbocycles. The molecular weight excluding hydrogens is 435 g/mol. The topological polar surface area (TPSA) is 66.4 Å². The van der Waals surface area contributed by atoms with Crippen molar-refractivity contribution in [1.29, 1.82) is 0 Å². The first-order valence-corrected chi connectivity index (χ1v) is 14.1. The summed E-state index contributed by atoms with van der Waals surface area (Å²) in [5.41, 5.74) is 0. The summed E-state index contributed by atoms with van der Waals surface area (Å²) in [7, 11) is -4.60. The number of hydrogen-bond acceptors (Lipinski definition) is 4. The molecule has 6 heteroatoms. The Bertz CT molecular complexity index is 480. The zero-order valence-corrected chi connectivity index (χ0v) is 24.9. The fourth-order valence-corrected chi connectivity index (χ4v) is 4.14. The molecule has 0 radical (unpaired) electrons. The first kappa shape index (κ1) is 34.4. The molecular formula is C25H49KO4S. The molecule has 1 unspecified atom stereocenters. The quantitative estimate of drug-likeness (QED) is 0.0666. The molecule has 31 heavy (non-hydrogen) atoms. The van der Waals surface area contributed by atoms with Gasteiger partial charge in [0.15, 0.2) is 0 Å². The Morgan fingerprint density at radius 1 is 0.710 bits per heavy atom. The molecule has 0 aliphatic heterocycles. The van der Waals surface area contributed by atoms with Crippen molar-refractivity contribution in [2.24, 2.45) is 5.92 Å². The molecule has 0 fully saturated rings. The van der Waals surface area contributed by atoms with Crippen molar-refractivity contribution in [2.75, 3.05) is 6.61 Å². The predicted molar refractivity (Wildman–Crippen MR) is 127 cm³/mol. The minimum atomic E-state index is -4.60. The van der Waals surface area contributed by atoms with Gasteiger partial charge in [0, 0.05) is 5.92 Å². The van der Waals surface area contributed by atoms with E-state index in [0.29, 0.717) is 0 Å². The Morgan fingerprint density at radius 2 is 1.13 bits per heavy atom. The van der Waals surface area contributed by atoms with Crippen molar-refractivity contribution in [1.82, 2.24) is 0 Å². The zero-order chi connectivity index (χ0) is 22.3. The molecule has 180 valence electrons. The van der Waals surface area contributed by atoms with Gasteiger partial charge < -0.3 is 4.55 Å². The smallest absolute Gasteiger partial charge is 0.726 e. The van der Waals surface area contributed by atoms with Gasteiger partial charge in [-0.1, -0.05) is 135 Å². The van der Waals surface area contributed by atoms with Crippen molar-refractivity contribution in [3.63, 3.8) is 0 Å². The summed E-state index contributed by atoms with van der Waals surface area (Å²) in [6, 6.07) is 0. The molecule has 0 amide bonds. The predicted octanol–water partition coefficient (Wildman–Crippen LogP) is 5.09. The van der Waals surface area contributed by atoms with E-state index in [9.17, 15) is 13.0 Å². The van der Waals surface area contributed by atoms with Crippen molar-refractivity contribution >= 4 is 10.4 Å². The van der Waals surface area contributed by atoms with Gasteiger partial charge in [-0.15, -0.1) is 0 Å². The minimum absolute atomic E-state index is 0. The van der Waals surface area contributed by atoms with Crippen LogP contribution in [0.15, 0.2) is 12.2 Å². The Morgan fingerprint density at radius 3 is 1.55 bits per heavy atom. The van der Waals surface area contributed by atoms with Crippen LogP contribution in [-0.2, 0) is 14.6 Å². The third kappa shape index (κ3) is 29.2. The van der Waals surface area contributed by atoms with Crippen molar-refractivity contribution < 1.29 is 68.5 Å². The third-order valence-electron chi connectivity index (χ3n) is 5.74. The Labute approximate surface area is 237 Å². The summed E-state index contributed by atoms with van der Waals surface area (Å²) in [4.78, 5) is 0. The van der Waals surface area contributed by atoms with Crippen molar-refractivity contribution in [3.8, 4) is 0 Å². The van der Waals surface area contributed by atoms with Crippen molar-refractivity contribution in [2.45, 2.75) is 136 Å². The van der Waals surface area contributed by atoms with Gasteiger partial charge in [-0.05, 0) is 12.8 Å². The average molecular weight is 485 g/mol. The molecule has 0 aliphatic rings. The molecule has 0 rings (SSSR count).